The van der Waals surface area contributed by atoms with Crippen LogP contribution in [-0.2, 0) is 10.0 Å². The molecule has 1 aromatic carbocycles. The standard InChI is InChI=1S/C16H22BrN5O4S/c1-9(16(2,3)23)20-14-11(17)8-19-15(22-14)21-10-5-6-13(27(18,24)25)12(7-10)26-4/h5-9,23H,1-4H3,(H2,18,24,25)(H2,19,20,21,22)/t9-/m1/s1. The Labute approximate surface area is 166 Å². The molecule has 5 N–H and O–H groups in total. The molecule has 0 spiro atoms. The predicted octanol–water partition coefficient (Wildman–Crippen LogP) is 2.21. The van der Waals surface area contributed by atoms with Crippen molar-refractivity contribution in [3.05, 3.63) is 28.9 Å². The molecule has 2 rings (SSSR count). The second-order valence-corrected chi connectivity index (χ2v) is 8.83. The van der Waals surface area contributed by atoms with Crippen molar-refractivity contribution in [3.8, 4) is 5.75 Å². The van der Waals surface area contributed by atoms with E-state index in [9.17, 15) is 13.5 Å². The van der Waals surface area contributed by atoms with Crippen LogP contribution in [0.3, 0.4) is 0 Å². The molecule has 0 unspecified atom stereocenters. The van der Waals surface area contributed by atoms with E-state index in [2.05, 4.69) is 36.5 Å². The van der Waals surface area contributed by atoms with Crippen molar-refractivity contribution in [2.45, 2.75) is 37.3 Å². The van der Waals surface area contributed by atoms with Gasteiger partial charge in [0.15, 0.2) is 0 Å². The number of benzene rings is 1. The number of nitrogens with zero attached hydrogens (tertiary/aromatic N) is 2. The van der Waals surface area contributed by atoms with Crippen molar-refractivity contribution in [2.24, 2.45) is 5.14 Å². The van der Waals surface area contributed by atoms with E-state index in [0.29, 0.717) is 16.0 Å². The molecule has 0 aliphatic carbocycles. The maximum atomic E-state index is 11.6. The second kappa shape index (κ2) is 7.97. The van der Waals surface area contributed by atoms with E-state index in [1.165, 1.54) is 25.3 Å². The van der Waals surface area contributed by atoms with Crippen LogP contribution in [0.15, 0.2) is 33.8 Å². The molecule has 9 nitrogen and oxygen atoms in total. The fourth-order valence-electron chi connectivity index (χ4n) is 2.02. The average molecular weight is 460 g/mol. The van der Waals surface area contributed by atoms with Crippen LogP contribution >= 0.6 is 15.9 Å². The molecule has 1 aromatic heterocycles. The van der Waals surface area contributed by atoms with E-state index >= 15 is 0 Å². The van der Waals surface area contributed by atoms with Crippen LogP contribution in [0.5, 0.6) is 5.75 Å². The van der Waals surface area contributed by atoms with Crippen LogP contribution in [0.4, 0.5) is 17.5 Å². The summed E-state index contributed by atoms with van der Waals surface area (Å²) in [7, 11) is -2.55. The van der Waals surface area contributed by atoms with Gasteiger partial charge >= 0.3 is 0 Å². The van der Waals surface area contributed by atoms with Gasteiger partial charge in [-0.15, -0.1) is 0 Å². The molecule has 11 heteroatoms. The van der Waals surface area contributed by atoms with Gasteiger partial charge in [0, 0.05) is 18.0 Å². The fourth-order valence-corrected chi connectivity index (χ4v) is 3.01. The second-order valence-electron chi connectivity index (χ2n) is 6.45. The molecule has 0 radical (unpaired) electrons. The zero-order valence-corrected chi connectivity index (χ0v) is 17.7. The zero-order chi connectivity index (χ0) is 20.4. The van der Waals surface area contributed by atoms with Crippen molar-refractivity contribution in [1.29, 1.82) is 0 Å². The number of aromatic nitrogens is 2. The van der Waals surface area contributed by atoms with Crippen molar-refractivity contribution in [2.75, 3.05) is 17.7 Å². The first-order valence-electron chi connectivity index (χ1n) is 7.91. The average Bonchev–Trinajstić information content (AvgIpc) is 2.55. The highest BCUT2D eigenvalue weighted by atomic mass is 79.9. The lowest BCUT2D eigenvalue weighted by Crippen LogP contribution is -2.39. The van der Waals surface area contributed by atoms with Gasteiger partial charge in [-0.3, -0.25) is 0 Å². The number of halogens is 1. The summed E-state index contributed by atoms with van der Waals surface area (Å²) in [4.78, 5) is 8.43. The third-order valence-electron chi connectivity index (χ3n) is 3.88. The van der Waals surface area contributed by atoms with Crippen LogP contribution in [0.1, 0.15) is 20.8 Å². The van der Waals surface area contributed by atoms with Crippen LogP contribution in [-0.4, -0.2) is 42.2 Å². The van der Waals surface area contributed by atoms with Gasteiger partial charge in [0.25, 0.3) is 0 Å². The lowest BCUT2D eigenvalue weighted by atomic mass is 10.0. The Morgan fingerprint density at radius 2 is 2.04 bits per heavy atom. The van der Waals surface area contributed by atoms with E-state index in [0.717, 1.165) is 0 Å². The summed E-state index contributed by atoms with van der Waals surface area (Å²) in [6, 6.07) is 4.08. The van der Waals surface area contributed by atoms with Crippen LogP contribution in [0.2, 0.25) is 0 Å². The Morgan fingerprint density at radius 1 is 1.37 bits per heavy atom. The SMILES string of the molecule is COc1cc(Nc2ncc(Br)c(N[C@H](C)C(C)(C)O)n2)ccc1S(N)(=O)=O. The largest absolute Gasteiger partial charge is 0.495 e. The fraction of sp³-hybridized carbons (Fsp3) is 0.375. The van der Waals surface area contributed by atoms with Gasteiger partial charge in [-0.1, -0.05) is 0 Å². The zero-order valence-electron chi connectivity index (χ0n) is 15.3. The molecule has 0 fully saturated rings. The lowest BCUT2D eigenvalue weighted by molar-refractivity contribution is 0.0647. The first-order chi connectivity index (χ1) is 12.4. The molecule has 0 bridgehead atoms. The number of primary sulfonamides is 1. The summed E-state index contributed by atoms with van der Waals surface area (Å²) in [5, 5.41) is 21.3. The van der Waals surface area contributed by atoms with Crippen LogP contribution in [0.25, 0.3) is 0 Å². The first-order valence-corrected chi connectivity index (χ1v) is 10.2. The monoisotopic (exact) mass is 459 g/mol. The smallest absolute Gasteiger partial charge is 0.241 e. The summed E-state index contributed by atoms with van der Waals surface area (Å²) < 4.78 is 28.9. The number of hydrogen-bond donors (Lipinski definition) is 4. The molecule has 1 heterocycles. The Morgan fingerprint density at radius 3 is 2.59 bits per heavy atom. The van der Waals surface area contributed by atoms with Gasteiger partial charge in [0.1, 0.15) is 16.5 Å². The normalized spacial score (nSPS) is 13.1. The Balaban J connectivity index is 2.29. The highest BCUT2D eigenvalue weighted by Gasteiger charge is 2.23. The summed E-state index contributed by atoms with van der Waals surface area (Å²) in [5.74, 6) is 0.873. The lowest BCUT2D eigenvalue weighted by Gasteiger charge is -2.27. The van der Waals surface area contributed by atoms with Crippen molar-refractivity contribution in [1.82, 2.24) is 9.97 Å². The third-order valence-corrected chi connectivity index (χ3v) is 5.41. The van der Waals surface area contributed by atoms with E-state index < -0.39 is 15.6 Å². The highest BCUT2D eigenvalue weighted by Crippen LogP contribution is 2.29. The number of anilines is 3. The van der Waals surface area contributed by atoms with Crippen LogP contribution < -0.4 is 20.5 Å². The minimum atomic E-state index is -3.90. The number of nitrogens with one attached hydrogen (secondary N) is 2. The Kier molecular flexibility index (Phi) is 6.30. The highest BCUT2D eigenvalue weighted by molar-refractivity contribution is 9.10. The summed E-state index contributed by atoms with van der Waals surface area (Å²) in [6.45, 7) is 5.22. The van der Waals surface area contributed by atoms with Gasteiger partial charge in [0.05, 0.1) is 23.2 Å². The summed E-state index contributed by atoms with van der Waals surface area (Å²) in [5.41, 5.74) is -0.433. The molecule has 27 heavy (non-hydrogen) atoms. The van der Waals surface area contributed by atoms with Gasteiger partial charge in [0.2, 0.25) is 16.0 Å². The van der Waals surface area contributed by atoms with E-state index in [1.807, 2.05) is 6.92 Å². The molecule has 0 saturated carbocycles. The number of methoxy groups -OCH3 is 1. The summed E-state index contributed by atoms with van der Waals surface area (Å²) >= 11 is 3.37. The molecular formula is C16H22BrN5O4S. The Hall–Kier alpha value is -1.95. The van der Waals surface area contributed by atoms with Crippen molar-refractivity contribution in [3.63, 3.8) is 0 Å². The van der Waals surface area contributed by atoms with E-state index in [4.69, 9.17) is 9.88 Å². The topological polar surface area (TPSA) is 139 Å². The molecule has 148 valence electrons. The van der Waals surface area contributed by atoms with E-state index in [-0.39, 0.29) is 22.6 Å². The number of rotatable bonds is 7. The molecule has 0 amide bonds. The van der Waals surface area contributed by atoms with Gasteiger partial charge in [-0.25, -0.2) is 18.5 Å². The number of hydrogen-bond acceptors (Lipinski definition) is 8. The Bertz CT molecular complexity index is 931. The first kappa shape index (κ1) is 21.4. The number of ether oxygens (including phenoxy) is 1. The number of nitrogens with two attached hydrogens (primary N) is 1. The van der Waals surface area contributed by atoms with Gasteiger partial charge < -0.3 is 20.5 Å². The van der Waals surface area contributed by atoms with Gasteiger partial charge in [-0.05, 0) is 48.8 Å². The molecule has 0 aliphatic rings. The number of aliphatic hydroxyl groups is 1. The molecular weight excluding hydrogens is 438 g/mol. The van der Waals surface area contributed by atoms with Crippen molar-refractivity contribution < 1.29 is 18.3 Å². The molecule has 1 atom stereocenters. The maximum absolute atomic E-state index is 11.6. The minimum Gasteiger partial charge on any atom is -0.495 e. The van der Waals surface area contributed by atoms with Crippen molar-refractivity contribution >= 4 is 43.4 Å². The summed E-state index contributed by atoms with van der Waals surface area (Å²) in [6.07, 6.45) is 1.56. The molecule has 2 aromatic rings. The third kappa shape index (κ3) is 5.51. The number of sulfonamides is 1. The predicted molar refractivity (Wildman–Crippen MR) is 107 cm³/mol. The molecule has 0 saturated heterocycles. The minimum absolute atomic E-state index is 0.105. The molecule has 0 aliphatic heterocycles. The van der Waals surface area contributed by atoms with Crippen LogP contribution in [0, 0.1) is 0 Å². The van der Waals surface area contributed by atoms with E-state index in [1.54, 1.807) is 20.0 Å². The maximum Gasteiger partial charge on any atom is 0.241 e. The quantitative estimate of drug-likeness (QED) is 0.493. The van der Waals surface area contributed by atoms with Gasteiger partial charge in [-0.2, -0.15) is 4.98 Å².